The molecule has 9 nitrogen and oxygen atoms in total. The number of nitrogens with zero attached hydrogens (tertiary/aromatic N) is 5. The van der Waals surface area contributed by atoms with Crippen LogP contribution >= 0.6 is 0 Å². The number of aromatic nitrogens is 4. The molecule has 0 aromatic carbocycles. The predicted molar refractivity (Wildman–Crippen MR) is 90.5 cm³/mol. The van der Waals surface area contributed by atoms with Crippen LogP contribution in [0.2, 0.25) is 0 Å². The number of fused-ring (bicyclic) bond motifs is 1. The van der Waals surface area contributed by atoms with Gasteiger partial charge in [-0.05, 0) is 19.8 Å². The average molecular weight is 320 g/mol. The topological polar surface area (TPSA) is 140 Å². The Morgan fingerprint density at radius 3 is 2.52 bits per heavy atom. The van der Waals surface area contributed by atoms with Gasteiger partial charge in [0.15, 0.2) is 22.9 Å². The largest absolute Gasteiger partial charge is 0.394 e. The molecule has 2 heterocycles. The first-order valence-electron chi connectivity index (χ1n) is 7.55. The van der Waals surface area contributed by atoms with Gasteiger partial charge in [0, 0.05) is 6.04 Å². The van der Waals surface area contributed by atoms with Gasteiger partial charge in [-0.15, -0.1) is 0 Å². The highest BCUT2D eigenvalue weighted by Crippen LogP contribution is 2.25. The summed E-state index contributed by atoms with van der Waals surface area (Å²) < 4.78 is 1.91. The maximum absolute atomic E-state index is 9.49. The van der Waals surface area contributed by atoms with Gasteiger partial charge >= 0.3 is 0 Å². The van der Waals surface area contributed by atoms with Gasteiger partial charge in [0.05, 0.1) is 19.0 Å². The summed E-state index contributed by atoms with van der Waals surface area (Å²) in [5.41, 5.74) is 12.1. The second kappa shape index (κ2) is 6.78. The zero-order chi connectivity index (χ0) is 17.1. The molecule has 0 unspecified atom stereocenters. The molecule has 1 atom stereocenters. The van der Waals surface area contributed by atoms with Gasteiger partial charge in [0.1, 0.15) is 0 Å². The van der Waals surface area contributed by atoms with Gasteiger partial charge in [0.25, 0.3) is 0 Å². The summed E-state index contributed by atoms with van der Waals surface area (Å²) in [4.78, 5) is 17.2. The summed E-state index contributed by atoms with van der Waals surface area (Å²) in [5, 5.41) is 12.6. The Morgan fingerprint density at radius 2 is 2.00 bits per heavy atom. The van der Waals surface area contributed by atoms with Crippen molar-refractivity contribution in [3.8, 4) is 0 Å². The van der Waals surface area contributed by atoms with Gasteiger partial charge in [-0.2, -0.15) is 15.0 Å². The van der Waals surface area contributed by atoms with E-state index in [2.05, 4.69) is 25.3 Å². The van der Waals surface area contributed by atoms with Crippen LogP contribution in [-0.2, 0) is 0 Å². The third-order valence-electron chi connectivity index (χ3n) is 3.51. The molecule has 0 bridgehead atoms. The highest BCUT2D eigenvalue weighted by molar-refractivity contribution is 5.88. The maximum atomic E-state index is 9.49. The lowest BCUT2D eigenvalue weighted by Crippen LogP contribution is -2.30. The van der Waals surface area contributed by atoms with Gasteiger partial charge in [-0.25, -0.2) is 4.98 Å². The summed E-state index contributed by atoms with van der Waals surface area (Å²) in [7, 11) is 0. The Hall–Kier alpha value is -2.42. The number of anilines is 1. The molecule has 23 heavy (non-hydrogen) atoms. The molecule has 2 aromatic heterocycles. The molecule has 0 aliphatic carbocycles. The summed E-state index contributed by atoms with van der Waals surface area (Å²) >= 11 is 0. The molecule has 0 fully saturated rings. The van der Waals surface area contributed by atoms with E-state index in [0.29, 0.717) is 22.9 Å². The summed E-state index contributed by atoms with van der Waals surface area (Å²) in [5.74, 6) is 0.767. The summed E-state index contributed by atoms with van der Waals surface area (Å²) in [6.07, 6.45) is 1.69. The SMILES string of the molecule is CC(C)[C@H](CO)Nc1nc(N=C(N)N)c2ncn(C(C)C)c2n1. The van der Waals surface area contributed by atoms with Crippen molar-refractivity contribution in [2.45, 2.75) is 39.8 Å². The van der Waals surface area contributed by atoms with Crippen LogP contribution in [0.5, 0.6) is 0 Å². The number of imidazole rings is 1. The molecule has 2 aromatic rings. The van der Waals surface area contributed by atoms with E-state index in [-0.39, 0.29) is 30.6 Å². The highest BCUT2D eigenvalue weighted by Gasteiger charge is 2.18. The number of aliphatic hydroxyl groups excluding tert-OH is 1. The Kier molecular flexibility index (Phi) is 4.99. The fraction of sp³-hybridized carbons (Fsp3) is 0.571. The van der Waals surface area contributed by atoms with E-state index in [9.17, 15) is 5.11 Å². The van der Waals surface area contributed by atoms with Gasteiger partial charge in [0.2, 0.25) is 5.95 Å². The molecule has 0 spiro atoms. The smallest absolute Gasteiger partial charge is 0.227 e. The molecule has 126 valence electrons. The fourth-order valence-electron chi connectivity index (χ4n) is 2.13. The zero-order valence-corrected chi connectivity index (χ0v) is 13.9. The number of rotatable bonds is 6. The lowest BCUT2D eigenvalue weighted by Gasteiger charge is -2.20. The number of hydrogen-bond donors (Lipinski definition) is 4. The van der Waals surface area contributed by atoms with Gasteiger partial charge in [-0.3, -0.25) is 0 Å². The standard InChI is InChI=1S/C14H24N8O/c1-7(2)9(5-23)18-14-20-11(19-13(15)16)10-12(21-14)22(6-17-10)8(3)4/h6-9,23H,5H2,1-4H3,(H5,15,16,18,19,20,21)/t9-/m0/s1. The molecular weight excluding hydrogens is 296 g/mol. The average Bonchev–Trinajstić information content (AvgIpc) is 2.88. The fourth-order valence-corrected chi connectivity index (χ4v) is 2.13. The number of nitrogens with two attached hydrogens (primary N) is 2. The van der Waals surface area contributed by atoms with E-state index in [1.807, 2.05) is 32.3 Å². The minimum absolute atomic E-state index is 0.0276. The monoisotopic (exact) mass is 320 g/mol. The molecule has 0 saturated carbocycles. The number of guanidine groups is 1. The lowest BCUT2D eigenvalue weighted by molar-refractivity contribution is 0.248. The van der Waals surface area contributed by atoms with Gasteiger partial charge in [-0.1, -0.05) is 13.8 Å². The quantitative estimate of drug-likeness (QED) is 0.454. The molecular formula is C14H24N8O. The van der Waals surface area contributed by atoms with Crippen molar-refractivity contribution in [2.24, 2.45) is 22.4 Å². The van der Waals surface area contributed by atoms with E-state index in [1.54, 1.807) is 6.33 Å². The zero-order valence-electron chi connectivity index (χ0n) is 13.9. The predicted octanol–water partition coefficient (Wildman–Crippen LogP) is 0.741. The van der Waals surface area contributed by atoms with Crippen molar-refractivity contribution < 1.29 is 5.11 Å². The Morgan fingerprint density at radius 1 is 1.30 bits per heavy atom. The van der Waals surface area contributed by atoms with Crippen molar-refractivity contribution in [3.63, 3.8) is 0 Å². The number of nitrogens with one attached hydrogen (secondary N) is 1. The van der Waals surface area contributed by atoms with Crippen LogP contribution in [0.25, 0.3) is 11.2 Å². The Balaban J connectivity index is 2.57. The molecule has 0 aliphatic heterocycles. The van der Waals surface area contributed by atoms with Crippen LogP contribution in [0, 0.1) is 5.92 Å². The minimum atomic E-state index is -0.171. The Labute approximate surface area is 134 Å². The van der Waals surface area contributed by atoms with E-state index < -0.39 is 0 Å². The van der Waals surface area contributed by atoms with Crippen molar-refractivity contribution in [3.05, 3.63) is 6.33 Å². The number of aliphatic hydroxyl groups is 1. The van der Waals surface area contributed by atoms with Crippen LogP contribution < -0.4 is 16.8 Å². The van der Waals surface area contributed by atoms with E-state index in [1.165, 1.54) is 0 Å². The first kappa shape index (κ1) is 16.9. The third-order valence-corrected chi connectivity index (χ3v) is 3.51. The van der Waals surface area contributed by atoms with Crippen LogP contribution in [0.3, 0.4) is 0 Å². The van der Waals surface area contributed by atoms with E-state index in [0.717, 1.165) is 0 Å². The van der Waals surface area contributed by atoms with E-state index in [4.69, 9.17) is 11.5 Å². The molecule has 0 radical (unpaired) electrons. The van der Waals surface area contributed by atoms with Gasteiger partial charge < -0.3 is 26.5 Å². The summed E-state index contributed by atoms with van der Waals surface area (Å²) in [6.45, 7) is 8.03. The molecule has 0 amide bonds. The first-order valence-corrected chi connectivity index (χ1v) is 7.55. The molecule has 0 aliphatic rings. The normalized spacial score (nSPS) is 12.8. The van der Waals surface area contributed by atoms with Crippen molar-refractivity contribution in [1.29, 1.82) is 0 Å². The highest BCUT2D eigenvalue weighted by atomic mass is 16.3. The first-order chi connectivity index (χ1) is 10.8. The maximum Gasteiger partial charge on any atom is 0.227 e. The molecule has 9 heteroatoms. The molecule has 0 saturated heterocycles. The lowest BCUT2D eigenvalue weighted by atomic mass is 10.1. The van der Waals surface area contributed by atoms with Crippen LogP contribution in [0.4, 0.5) is 11.8 Å². The number of aliphatic imine (C=N–C) groups is 1. The second-order valence-electron chi connectivity index (χ2n) is 6.00. The van der Waals surface area contributed by atoms with Crippen molar-refractivity contribution in [1.82, 2.24) is 19.5 Å². The molecule has 2 rings (SSSR count). The third kappa shape index (κ3) is 3.67. The molecule has 6 N–H and O–H groups in total. The van der Waals surface area contributed by atoms with Crippen LogP contribution in [0.1, 0.15) is 33.7 Å². The van der Waals surface area contributed by atoms with Crippen molar-refractivity contribution in [2.75, 3.05) is 11.9 Å². The van der Waals surface area contributed by atoms with Crippen molar-refractivity contribution >= 4 is 28.9 Å². The number of hydrogen-bond acceptors (Lipinski definition) is 6. The van der Waals surface area contributed by atoms with Crippen LogP contribution in [-0.4, -0.2) is 43.2 Å². The van der Waals surface area contributed by atoms with Crippen LogP contribution in [0.15, 0.2) is 11.3 Å². The minimum Gasteiger partial charge on any atom is -0.394 e. The Bertz CT molecular complexity index is 702. The summed E-state index contributed by atoms with van der Waals surface area (Å²) in [6, 6.07) is 0.00321. The van der Waals surface area contributed by atoms with E-state index >= 15 is 0 Å². The second-order valence-corrected chi connectivity index (χ2v) is 6.00.